The lowest BCUT2D eigenvalue weighted by atomic mass is 9.97. The van der Waals surface area contributed by atoms with Crippen LogP contribution in [0.1, 0.15) is 50.3 Å². The number of nitrogens with one attached hydrogen (secondary N) is 1. The first-order valence-electron chi connectivity index (χ1n) is 10.2. The number of benzene rings is 2. The number of sulfonamides is 1. The van der Waals surface area contributed by atoms with Crippen LogP contribution in [0.5, 0.6) is 0 Å². The molecule has 0 unspecified atom stereocenters. The molecule has 0 saturated heterocycles. The normalized spacial score (nSPS) is 12.6. The van der Waals surface area contributed by atoms with Gasteiger partial charge in [0.1, 0.15) is 0 Å². The van der Waals surface area contributed by atoms with Crippen molar-refractivity contribution in [1.29, 1.82) is 0 Å². The summed E-state index contributed by atoms with van der Waals surface area (Å²) in [7, 11) is -3.49. The van der Waals surface area contributed by atoms with Crippen molar-refractivity contribution in [3.8, 4) is 0 Å². The molecule has 0 radical (unpaired) electrons. The van der Waals surface area contributed by atoms with Crippen molar-refractivity contribution >= 4 is 33.2 Å². The highest BCUT2D eigenvalue weighted by atomic mass is 35.5. The maximum Gasteiger partial charge on any atom is 0.232 e. The van der Waals surface area contributed by atoms with Crippen LogP contribution < -0.4 is 9.62 Å². The van der Waals surface area contributed by atoms with Gasteiger partial charge in [-0.05, 0) is 48.9 Å². The molecule has 2 aromatic carbocycles. The average molecular weight is 451 g/mol. The molecule has 5 nitrogen and oxygen atoms in total. The molecule has 0 aliphatic rings. The van der Waals surface area contributed by atoms with E-state index in [0.29, 0.717) is 23.0 Å². The molecule has 0 saturated carbocycles. The second-order valence-corrected chi connectivity index (χ2v) is 10.4. The van der Waals surface area contributed by atoms with Gasteiger partial charge in [0.25, 0.3) is 0 Å². The molecular formula is C23H31ClN2O3S. The van der Waals surface area contributed by atoms with Gasteiger partial charge in [-0.3, -0.25) is 9.10 Å². The van der Waals surface area contributed by atoms with Gasteiger partial charge in [-0.15, -0.1) is 0 Å². The zero-order valence-electron chi connectivity index (χ0n) is 18.1. The zero-order valence-corrected chi connectivity index (χ0v) is 19.6. The van der Waals surface area contributed by atoms with E-state index in [4.69, 9.17) is 11.6 Å². The summed E-state index contributed by atoms with van der Waals surface area (Å²) in [5, 5.41) is 3.58. The highest BCUT2D eigenvalue weighted by molar-refractivity contribution is 7.92. The molecule has 0 spiro atoms. The number of anilines is 1. The molecule has 0 aliphatic heterocycles. The fourth-order valence-electron chi connectivity index (χ4n) is 3.40. The van der Waals surface area contributed by atoms with E-state index in [0.717, 1.165) is 17.5 Å². The van der Waals surface area contributed by atoms with Crippen LogP contribution in [0.15, 0.2) is 48.5 Å². The van der Waals surface area contributed by atoms with Crippen molar-refractivity contribution in [3.63, 3.8) is 0 Å². The van der Waals surface area contributed by atoms with Crippen molar-refractivity contribution < 1.29 is 13.2 Å². The Morgan fingerprint density at radius 3 is 2.40 bits per heavy atom. The fourth-order valence-corrected chi connectivity index (χ4v) is 4.58. The highest BCUT2D eigenvalue weighted by Crippen LogP contribution is 2.27. The van der Waals surface area contributed by atoms with Crippen LogP contribution in [0.4, 0.5) is 5.69 Å². The lowest BCUT2D eigenvalue weighted by Gasteiger charge is -2.25. The van der Waals surface area contributed by atoms with E-state index in [1.807, 2.05) is 37.3 Å². The maximum absolute atomic E-state index is 12.6. The van der Waals surface area contributed by atoms with Crippen molar-refractivity contribution in [2.24, 2.45) is 5.92 Å². The standard InChI is InChI=1S/C23H31ClN2O3S/c1-17(2)15-21(19-9-6-5-7-10-19)25-23(27)11-8-14-26(30(4,28)29)22-16-20(24)13-12-18(22)3/h5-7,9-10,12-13,16-17,21H,8,11,14-15H2,1-4H3,(H,25,27)/t21-/m1/s1. The molecule has 2 aromatic rings. The quantitative estimate of drug-likeness (QED) is 0.547. The molecular weight excluding hydrogens is 420 g/mol. The van der Waals surface area contributed by atoms with E-state index in [1.165, 1.54) is 10.6 Å². The molecule has 2 rings (SSSR count). The smallest absolute Gasteiger partial charge is 0.232 e. The van der Waals surface area contributed by atoms with Crippen molar-refractivity contribution in [2.45, 2.75) is 46.1 Å². The number of aryl methyl sites for hydroxylation is 1. The van der Waals surface area contributed by atoms with Crippen molar-refractivity contribution in [2.75, 3.05) is 17.1 Å². The molecule has 0 heterocycles. The Balaban J connectivity index is 2.03. The van der Waals surface area contributed by atoms with Crippen LogP contribution in [0.3, 0.4) is 0 Å². The Labute approximate surface area is 185 Å². The minimum absolute atomic E-state index is 0.0557. The maximum atomic E-state index is 12.6. The lowest BCUT2D eigenvalue weighted by molar-refractivity contribution is -0.122. The first-order valence-corrected chi connectivity index (χ1v) is 12.4. The molecule has 1 N–H and O–H groups in total. The number of nitrogens with zero attached hydrogens (tertiary/aromatic N) is 1. The second kappa shape index (κ2) is 10.8. The molecule has 0 bridgehead atoms. The molecule has 1 amide bonds. The Hall–Kier alpha value is -2.05. The number of carbonyl (C=O) groups is 1. The molecule has 164 valence electrons. The third-order valence-electron chi connectivity index (χ3n) is 4.85. The predicted octanol–water partition coefficient (Wildman–Crippen LogP) is 5.10. The number of hydrogen-bond acceptors (Lipinski definition) is 3. The van der Waals surface area contributed by atoms with Crippen molar-refractivity contribution in [1.82, 2.24) is 5.32 Å². The molecule has 7 heteroatoms. The van der Waals surface area contributed by atoms with Crippen molar-refractivity contribution in [3.05, 3.63) is 64.7 Å². The molecule has 0 fully saturated rings. The minimum atomic E-state index is -3.49. The molecule has 1 atom stereocenters. The summed E-state index contributed by atoms with van der Waals surface area (Å²) in [5.41, 5.74) is 2.44. The summed E-state index contributed by atoms with van der Waals surface area (Å²) < 4.78 is 26.0. The summed E-state index contributed by atoms with van der Waals surface area (Å²) in [6.07, 6.45) is 2.66. The molecule has 30 heavy (non-hydrogen) atoms. The lowest BCUT2D eigenvalue weighted by Crippen LogP contribution is -2.33. The number of rotatable bonds is 10. The van der Waals surface area contributed by atoms with E-state index >= 15 is 0 Å². The van der Waals surface area contributed by atoms with Gasteiger partial charge in [-0.1, -0.05) is 61.8 Å². The Bertz CT molecular complexity index is 946. The van der Waals surface area contributed by atoms with E-state index in [-0.39, 0.29) is 24.9 Å². The van der Waals surface area contributed by atoms with Gasteiger partial charge in [0.05, 0.1) is 18.0 Å². The van der Waals surface area contributed by atoms with Gasteiger partial charge in [-0.25, -0.2) is 8.42 Å². The third kappa shape index (κ3) is 7.33. The van der Waals surface area contributed by atoms with E-state index in [1.54, 1.807) is 18.2 Å². The van der Waals surface area contributed by atoms with Gasteiger partial charge in [-0.2, -0.15) is 0 Å². The summed E-state index contributed by atoms with van der Waals surface area (Å²) in [4.78, 5) is 12.6. The predicted molar refractivity (Wildman–Crippen MR) is 124 cm³/mol. The van der Waals surface area contributed by atoms with Crippen LogP contribution in [-0.2, 0) is 14.8 Å². The van der Waals surface area contributed by atoms with Crippen LogP contribution in [-0.4, -0.2) is 27.1 Å². The van der Waals surface area contributed by atoms with Gasteiger partial charge in [0.2, 0.25) is 15.9 Å². The number of carbonyl (C=O) groups excluding carboxylic acids is 1. The van der Waals surface area contributed by atoms with E-state index < -0.39 is 10.0 Å². The largest absolute Gasteiger partial charge is 0.349 e. The van der Waals surface area contributed by atoms with Gasteiger partial charge >= 0.3 is 0 Å². The Morgan fingerprint density at radius 1 is 1.13 bits per heavy atom. The number of amides is 1. The van der Waals surface area contributed by atoms with Gasteiger partial charge < -0.3 is 5.32 Å². The Kier molecular flexibility index (Phi) is 8.74. The van der Waals surface area contributed by atoms with E-state index in [2.05, 4.69) is 19.2 Å². The van der Waals surface area contributed by atoms with Crippen LogP contribution in [0.2, 0.25) is 5.02 Å². The number of halogens is 1. The first kappa shape index (κ1) is 24.2. The second-order valence-electron chi connectivity index (χ2n) is 8.03. The summed E-state index contributed by atoms with van der Waals surface area (Å²) in [6, 6.07) is 15.0. The Morgan fingerprint density at radius 2 is 1.80 bits per heavy atom. The monoisotopic (exact) mass is 450 g/mol. The number of hydrogen-bond donors (Lipinski definition) is 1. The highest BCUT2D eigenvalue weighted by Gasteiger charge is 2.21. The summed E-state index contributed by atoms with van der Waals surface area (Å²) in [5.74, 6) is 0.350. The SMILES string of the molecule is Cc1ccc(Cl)cc1N(CCCC(=O)N[C@H](CC(C)C)c1ccccc1)S(C)(=O)=O. The molecule has 0 aromatic heterocycles. The zero-order chi connectivity index (χ0) is 22.3. The van der Waals surface area contributed by atoms with Crippen LogP contribution in [0.25, 0.3) is 0 Å². The summed E-state index contributed by atoms with van der Waals surface area (Å²) in [6.45, 7) is 6.30. The topological polar surface area (TPSA) is 66.5 Å². The van der Waals surface area contributed by atoms with Gasteiger partial charge in [0, 0.05) is 18.0 Å². The average Bonchev–Trinajstić information content (AvgIpc) is 2.66. The minimum Gasteiger partial charge on any atom is -0.349 e. The van der Waals surface area contributed by atoms with Crippen LogP contribution >= 0.6 is 11.6 Å². The first-order chi connectivity index (χ1) is 14.1. The molecule has 0 aliphatic carbocycles. The van der Waals surface area contributed by atoms with Gasteiger partial charge in [0.15, 0.2) is 0 Å². The van der Waals surface area contributed by atoms with E-state index in [9.17, 15) is 13.2 Å². The van der Waals surface area contributed by atoms with Crippen LogP contribution in [0, 0.1) is 12.8 Å². The fraction of sp³-hybridized carbons (Fsp3) is 0.435. The third-order valence-corrected chi connectivity index (χ3v) is 6.26. The summed E-state index contributed by atoms with van der Waals surface area (Å²) >= 11 is 6.07.